The Morgan fingerprint density at radius 1 is 1.18 bits per heavy atom. The summed E-state index contributed by atoms with van der Waals surface area (Å²) in [7, 11) is -4.06. The van der Waals surface area contributed by atoms with E-state index in [1.54, 1.807) is 13.0 Å². The number of pyridine rings is 2. The molecule has 11 nitrogen and oxygen atoms in total. The molecule has 45 heavy (non-hydrogen) atoms. The van der Waals surface area contributed by atoms with Gasteiger partial charge in [0.05, 0.1) is 12.0 Å². The van der Waals surface area contributed by atoms with Crippen molar-refractivity contribution in [2.24, 2.45) is 0 Å². The molecule has 0 saturated carbocycles. The molecule has 1 saturated heterocycles. The van der Waals surface area contributed by atoms with Gasteiger partial charge in [-0.25, -0.2) is 22.2 Å². The second kappa shape index (κ2) is 11.8. The van der Waals surface area contributed by atoms with Crippen LogP contribution >= 0.6 is 0 Å². The van der Waals surface area contributed by atoms with E-state index in [1.807, 2.05) is 36.1 Å². The van der Waals surface area contributed by atoms with Crippen LogP contribution in [0.15, 0.2) is 47.6 Å². The van der Waals surface area contributed by atoms with Crippen LogP contribution in [-0.4, -0.2) is 62.5 Å². The highest BCUT2D eigenvalue weighted by Gasteiger charge is 2.39. The first-order chi connectivity index (χ1) is 21.5. The molecule has 2 aliphatic heterocycles. The summed E-state index contributed by atoms with van der Waals surface area (Å²) in [6, 6.07) is 10.4. The Balaban J connectivity index is 1.41. The van der Waals surface area contributed by atoms with E-state index < -0.39 is 34.2 Å². The van der Waals surface area contributed by atoms with Gasteiger partial charge in [0, 0.05) is 44.0 Å². The van der Waals surface area contributed by atoms with Gasteiger partial charge in [-0.2, -0.15) is 9.57 Å². The van der Waals surface area contributed by atoms with Crippen molar-refractivity contribution in [1.29, 1.82) is 5.26 Å². The predicted octanol–water partition coefficient (Wildman–Crippen LogP) is 4.72. The third-order valence-electron chi connectivity index (χ3n) is 8.86. The number of hydrogen-bond donors (Lipinski definition) is 1. The van der Waals surface area contributed by atoms with Crippen LogP contribution in [0, 0.1) is 25.2 Å². The van der Waals surface area contributed by atoms with Crippen LogP contribution in [0.3, 0.4) is 0 Å². The molecule has 234 valence electrons. The fourth-order valence-corrected chi connectivity index (χ4v) is 8.12. The molecular weight excluding hydrogens is 604 g/mol. The molecule has 1 aromatic carbocycles. The lowest BCUT2D eigenvalue weighted by molar-refractivity contribution is -0.137. The zero-order valence-electron chi connectivity index (χ0n) is 24.7. The number of aliphatic carboxylic acids is 1. The van der Waals surface area contributed by atoms with Crippen molar-refractivity contribution in [3.8, 4) is 6.07 Å². The summed E-state index contributed by atoms with van der Waals surface area (Å²) < 4.78 is 57.9. The number of halogens is 2. The molecule has 4 aromatic rings. The van der Waals surface area contributed by atoms with Crippen LogP contribution in [0.4, 0.5) is 14.6 Å². The minimum absolute atomic E-state index is 0.00362. The molecule has 0 amide bonds. The van der Waals surface area contributed by atoms with Gasteiger partial charge in [-0.1, -0.05) is 18.2 Å². The van der Waals surface area contributed by atoms with Gasteiger partial charge >= 0.3 is 5.97 Å². The highest BCUT2D eigenvalue weighted by atomic mass is 32.2. The maximum Gasteiger partial charge on any atom is 0.304 e. The average molecular weight is 636 g/mol. The van der Waals surface area contributed by atoms with E-state index in [2.05, 4.69) is 15.2 Å². The predicted molar refractivity (Wildman–Crippen MR) is 159 cm³/mol. The first-order valence-electron chi connectivity index (χ1n) is 14.6. The van der Waals surface area contributed by atoms with Crippen LogP contribution in [-0.2, 0) is 21.4 Å². The van der Waals surface area contributed by atoms with E-state index in [1.165, 1.54) is 27.2 Å². The molecule has 2 aliphatic rings. The Morgan fingerprint density at radius 2 is 1.98 bits per heavy atom. The van der Waals surface area contributed by atoms with Crippen molar-refractivity contribution < 1.29 is 27.1 Å². The van der Waals surface area contributed by atoms with Crippen molar-refractivity contribution >= 4 is 27.5 Å². The second-order valence-corrected chi connectivity index (χ2v) is 13.5. The molecule has 0 spiro atoms. The van der Waals surface area contributed by atoms with Gasteiger partial charge in [-0.05, 0) is 73.1 Å². The van der Waals surface area contributed by atoms with Gasteiger partial charge in [-0.3, -0.25) is 9.20 Å². The topological polar surface area (TPSA) is 145 Å². The summed E-state index contributed by atoms with van der Waals surface area (Å²) in [6.45, 7) is 4.49. The SMILES string of the molecule is Cc1ccc([C@@H](CC(=O)O)c2ccn3c(C(F)F)nnc3c2C)cc1CN1C[C@H]2CCCCN2c2ncc(C#N)cc2S1(=O)=O. The molecule has 2 atom stereocenters. The molecule has 1 N–H and O–H groups in total. The standard InChI is InChI=1S/C31H31F2N7O4S/c1-18-6-7-21(25(13-27(41)42)24-8-10-40-29(19(24)2)36-37-31(40)28(32)33)12-22(18)16-38-17-23-5-3-4-9-39(23)30-26(45(38,43)44)11-20(14-34)15-35-30/h6-8,10-12,15,23,25,28H,3-5,9,13,16-17H2,1-2H3,(H,41,42)/t23-,25-/m1/s1. The Kier molecular flexibility index (Phi) is 8.00. The number of nitriles is 1. The van der Waals surface area contributed by atoms with E-state index in [0.717, 1.165) is 24.8 Å². The van der Waals surface area contributed by atoms with Crippen molar-refractivity contribution in [3.05, 3.63) is 81.9 Å². The van der Waals surface area contributed by atoms with Crippen molar-refractivity contribution in [2.75, 3.05) is 18.0 Å². The fraction of sp³-hybridized carbons (Fsp3) is 0.387. The van der Waals surface area contributed by atoms with Gasteiger partial charge in [-0.15, -0.1) is 10.2 Å². The van der Waals surface area contributed by atoms with Crippen LogP contribution < -0.4 is 4.90 Å². The van der Waals surface area contributed by atoms with Gasteiger partial charge in [0.2, 0.25) is 15.8 Å². The smallest absolute Gasteiger partial charge is 0.304 e. The monoisotopic (exact) mass is 635 g/mol. The number of carboxylic acid groups (broad SMARTS) is 1. The molecule has 0 radical (unpaired) electrons. The summed E-state index contributed by atoms with van der Waals surface area (Å²) in [5, 5.41) is 26.9. The van der Waals surface area contributed by atoms with Gasteiger partial charge in [0.1, 0.15) is 16.8 Å². The number of alkyl halides is 2. The third kappa shape index (κ3) is 5.51. The largest absolute Gasteiger partial charge is 0.481 e. The number of fused-ring (bicyclic) bond motifs is 4. The number of rotatable bonds is 7. The molecule has 14 heteroatoms. The summed E-state index contributed by atoms with van der Waals surface area (Å²) >= 11 is 0. The summed E-state index contributed by atoms with van der Waals surface area (Å²) in [5.41, 5.74) is 3.64. The lowest BCUT2D eigenvalue weighted by atomic mass is 9.85. The van der Waals surface area contributed by atoms with Crippen molar-refractivity contribution in [1.82, 2.24) is 23.9 Å². The number of aromatic nitrogens is 4. The van der Waals surface area contributed by atoms with E-state index in [9.17, 15) is 32.4 Å². The summed E-state index contributed by atoms with van der Waals surface area (Å²) in [5.74, 6) is -1.86. The maximum atomic E-state index is 14.2. The minimum Gasteiger partial charge on any atom is -0.481 e. The van der Waals surface area contributed by atoms with Gasteiger partial charge in [0.25, 0.3) is 6.43 Å². The van der Waals surface area contributed by atoms with Crippen LogP contribution in [0.5, 0.6) is 0 Å². The number of hydrogen-bond acceptors (Lipinski definition) is 8. The molecule has 0 aliphatic carbocycles. The van der Waals surface area contributed by atoms with E-state index in [-0.39, 0.29) is 41.7 Å². The van der Waals surface area contributed by atoms with E-state index in [4.69, 9.17) is 0 Å². The number of sulfonamides is 1. The number of carbonyl (C=O) groups is 1. The number of benzene rings is 1. The number of carboxylic acids is 1. The number of piperidine rings is 1. The quantitative estimate of drug-likeness (QED) is 0.305. The van der Waals surface area contributed by atoms with Crippen LogP contribution in [0.25, 0.3) is 5.65 Å². The number of anilines is 1. The summed E-state index contributed by atoms with van der Waals surface area (Å²) in [6.07, 6.45) is 2.37. The molecule has 6 rings (SSSR count). The average Bonchev–Trinajstić information content (AvgIpc) is 3.43. The van der Waals surface area contributed by atoms with E-state index in [0.29, 0.717) is 34.6 Å². The first-order valence-corrected chi connectivity index (χ1v) is 16.0. The number of nitrogens with zero attached hydrogens (tertiary/aromatic N) is 7. The molecular formula is C31H31F2N7O4S. The van der Waals surface area contributed by atoms with Gasteiger partial charge < -0.3 is 10.0 Å². The Morgan fingerprint density at radius 3 is 2.71 bits per heavy atom. The molecule has 0 bridgehead atoms. The zero-order chi connectivity index (χ0) is 32.0. The molecule has 5 heterocycles. The van der Waals surface area contributed by atoms with Crippen molar-refractivity contribution in [2.45, 2.75) is 69.4 Å². The lowest BCUT2D eigenvalue weighted by Crippen LogP contribution is -2.45. The Labute approximate surface area is 258 Å². The lowest BCUT2D eigenvalue weighted by Gasteiger charge is -2.36. The molecule has 1 fully saturated rings. The minimum atomic E-state index is -4.06. The van der Waals surface area contributed by atoms with Crippen LogP contribution in [0.2, 0.25) is 0 Å². The highest BCUT2D eigenvalue weighted by molar-refractivity contribution is 7.89. The van der Waals surface area contributed by atoms with E-state index >= 15 is 0 Å². The fourth-order valence-electron chi connectivity index (χ4n) is 6.49. The Hall–Kier alpha value is -4.48. The van der Waals surface area contributed by atoms with Crippen molar-refractivity contribution in [3.63, 3.8) is 0 Å². The zero-order valence-corrected chi connectivity index (χ0v) is 25.5. The first kappa shape index (κ1) is 30.5. The summed E-state index contributed by atoms with van der Waals surface area (Å²) in [4.78, 5) is 18.5. The van der Waals surface area contributed by atoms with Gasteiger partial charge in [0.15, 0.2) is 5.65 Å². The maximum absolute atomic E-state index is 14.2. The third-order valence-corrected chi connectivity index (χ3v) is 10.7. The molecule has 0 unspecified atom stereocenters. The number of aryl methyl sites for hydroxylation is 2. The Bertz CT molecular complexity index is 1960. The second-order valence-electron chi connectivity index (χ2n) is 11.6. The van der Waals surface area contributed by atoms with Crippen LogP contribution in [0.1, 0.15) is 77.2 Å². The molecule has 3 aromatic heterocycles. The highest BCUT2D eigenvalue weighted by Crippen LogP contribution is 2.38. The normalized spacial score (nSPS) is 18.7.